The zero-order valence-corrected chi connectivity index (χ0v) is 19.6. The summed E-state index contributed by atoms with van der Waals surface area (Å²) in [5.41, 5.74) is 4.71. The number of halogens is 1. The van der Waals surface area contributed by atoms with Crippen LogP contribution in [0.25, 0.3) is 5.57 Å². The number of Topliss-reactive ketones (excluding diaryl/α,β-unsaturated/α-hetero) is 1. The maximum atomic E-state index is 13.8. The molecule has 0 amide bonds. The van der Waals surface area contributed by atoms with Crippen molar-refractivity contribution in [1.29, 1.82) is 0 Å². The third kappa shape index (κ3) is 4.09. The van der Waals surface area contributed by atoms with Gasteiger partial charge in [0.1, 0.15) is 0 Å². The van der Waals surface area contributed by atoms with E-state index < -0.39 is 5.54 Å². The molecule has 0 bridgehead atoms. The van der Waals surface area contributed by atoms with Crippen LogP contribution in [0, 0.1) is 0 Å². The number of carbonyl (C=O) groups is 1. The van der Waals surface area contributed by atoms with Crippen molar-refractivity contribution in [3.05, 3.63) is 155 Å². The highest BCUT2D eigenvalue weighted by Crippen LogP contribution is 2.44. The first-order valence-electron chi connectivity index (χ1n) is 11.3. The largest absolute Gasteiger partial charge is 0.334 e. The van der Waals surface area contributed by atoms with E-state index in [1.807, 2.05) is 97.2 Å². The molecule has 1 atom stereocenters. The summed E-state index contributed by atoms with van der Waals surface area (Å²) in [4.78, 5) is 16.0. The van der Waals surface area contributed by atoms with Crippen LogP contribution in [0.3, 0.4) is 0 Å². The monoisotopic (exact) mass is 461 g/mol. The summed E-state index contributed by atoms with van der Waals surface area (Å²) in [6.45, 7) is 2.17. The van der Waals surface area contributed by atoms with E-state index >= 15 is 0 Å². The molecule has 2 nitrogen and oxygen atoms in total. The van der Waals surface area contributed by atoms with Crippen LogP contribution in [0.5, 0.6) is 0 Å². The van der Waals surface area contributed by atoms with Gasteiger partial charge in [-0.15, -0.1) is 0 Å². The van der Waals surface area contributed by atoms with Crippen LogP contribution in [0.4, 0.5) is 5.69 Å². The predicted octanol–water partition coefficient (Wildman–Crippen LogP) is 7.93. The van der Waals surface area contributed by atoms with Gasteiger partial charge in [-0.1, -0.05) is 109 Å². The van der Waals surface area contributed by atoms with Gasteiger partial charge in [-0.05, 0) is 47.9 Å². The van der Waals surface area contributed by atoms with Crippen molar-refractivity contribution < 1.29 is 4.79 Å². The van der Waals surface area contributed by atoms with Crippen molar-refractivity contribution in [1.82, 2.24) is 0 Å². The first kappa shape index (κ1) is 21.9. The van der Waals surface area contributed by atoms with E-state index in [9.17, 15) is 4.79 Å². The Hall–Kier alpha value is -3.88. The van der Waals surface area contributed by atoms with Gasteiger partial charge >= 0.3 is 0 Å². The van der Waals surface area contributed by atoms with Gasteiger partial charge < -0.3 is 4.90 Å². The number of benzene rings is 4. The Balaban J connectivity index is 1.76. The predicted molar refractivity (Wildman–Crippen MR) is 141 cm³/mol. The highest BCUT2D eigenvalue weighted by Gasteiger charge is 2.37. The number of allylic oxidation sites excluding steroid dienone is 2. The minimum absolute atomic E-state index is 0.0159. The molecule has 0 saturated heterocycles. The minimum atomic E-state index is -0.544. The zero-order valence-electron chi connectivity index (χ0n) is 18.9. The molecule has 1 unspecified atom stereocenters. The number of hydrogen-bond donors (Lipinski definition) is 0. The van der Waals surface area contributed by atoms with Crippen molar-refractivity contribution in [3.8, 4) is 0 Å². The molecule has 1 aliphatic heterocycles. The standard InChI is InChI=1S/C31H24ClNO/c1-31(25-16-9-4-10-17-25)21-28(23-12-5-2-6-13-23)29(30(34)24-14-7-3-8-15-24)22-33(31)27-19-11-18-26(32)20-27/h2-22H,1H3. The lowest BCUT2D eigenvalue weighted by atomic mass is 9.80. The second kappa shape index (κ2) is 9.17. The Labute approximate surface area is 205 Å². The van der Waals surface area contributed by atoms with Crippen LogP contribution in [-0.4, -0.2) is 5.78 Å². The van der Waals surface area contributed by atoms with Crippen molar-refractivity contribution in [2.24, 2.45) is 0 Å². The highest BCUT2D eigenvalue weighted by atomic mass is 35.5. The minimum Gasteiger partial charge on any atom is -0.334 e. The van der Waals surface area contributed by atoms with Crippen molar-refractivity contribution in [2.75, 3.05) is 4.90 Å². The smallest absolute Gasteiger partial charge is 0.195 e. The molecule has 4 aromatic carbocycles. The fourth-order valence-electron chi connectivity index (χ4n) is 4.51. The number of nitrogens with zero attached hydrogens (tertiary/aromatic N) is 1. The summed E-state index contributed by atoms with van der Waals surface area (Å²) in [6, 6.07) is 37.6. The van der Waals surface area contributed by atoms with E-state index in [2.05, 4.69) is 42.2 Å². The van der Waals surface area contributed by atoms with E-state index in [4.69, 9.17) is 11.6 Å². The summed E-state index contributed by atoms with van der Waals surface area (Å²) in [6.07, 6.45) is 4.19. The van der Waals surface area contributed by atoms with Crippen LogP contribution >= 0.6 is 11.6 Å². The fourth-order valence-corrected chi connectivity index (χ4v) is 4.69. The molecule has 0 radical (unpaired) electrons. The van der Waals surface area contributed by atoms with Crippen LogP contribution in [0.2, 0.25) is 5.02 Å². The summed E-state index contributed by atoms with van der Waals surface area (Å²) in [5.74, 6) is -0.0159. The maximum Gasteiger partial charge on any atom is 0.195 e. The summed E-state index contributed by atoms with van der Waals surface area (Å²) >= 11 is 6.39. The Morgan fingerprint density at radius 2 is 1.38 bits per heavy atom. The van der Waals surface area contributed by atoms with Gasteiger partial charge in [-0.25, -0.2) is 0 Å². The van der Waals surface area contributed by atoms with E-state index in [-0.39, 0.29) is 5.78 Å². The molecule has 0 fully saturated rings. The number of carbonyl (C=O) groups excluding carboxylic acids is 1. The maximum absolute atomic E-state index is 13.8. The summed E-state index contributed by atoms with van der Waals surface area (Å²) in [7, 11) is 0. The number of hydrogen-bond acceptors (Lipinski definition) is 2. The first-order chi connectivity index (χ1) is 16.6. The molecule has 1 heterocycles. The van der Waals surface area contributed by atoms with Gasteiger partial charge in [0.2, 0.25) is 0 Å². The molecule has 1 aliphatic rings. The SMILES string of the molecule is CC1(c2ccccc2)C=C(c2ccccc2)C(C(=O)c2ccccc2)=CN1c1cccc(Cl)c1. The molecule has 3 heteroatoms. The van der Waals surface area contributed by atoms with Gasteiger partial charge in [-0.3, -0.25) is 4.79 Å². The van der Waals surface area contributed by atoms with Gasteiger partial charge in [0.15, 0.2) is 5.78 Å². The Morgan fingerprint density at radius 3 is 2.03 bits per heavy atom. The number of rotatable bonds is 5. The highest BCUT2D eigenvalue weighted by molar-refractivity contribution is 6.30. The lowest BCUT2D eigenvalue weighted by molar-refractivity contribution is 0.103. The van der Waals surface area contributed by atoms with E-state index in [0.717, 1.165) is 22.4 Å². The summed E-state index contributed by atoms with van der Waals surface area (Å²) < 4.78 is 0. The Morgan fingerprint density at radius 1 is 0.765 bits per heavy atom. The Kier molecular flexibility index (Phi) is 5.91. The Bertz CT molecular complexity index is 1380. The third-order valence-electron chi connectivity index (χ3n) is 6.28. The first-order valence-corrected chi connectivity index (χ1v) is 11.6. The fraction of sp³-hybridized carbons (Fsp3) is 0.0645. The van der Waals surface area contributed by atoms with E-state index in [1.165, 1.54) is 0 Å². The molecule has 0 aliphatic carbocycles. The zero-order chi connectivity index (χ0) is 23.5. The second-order valence-electron chi connectivity index (χ2n) is 8.53. The van der Waals surface area contributed by atoms with Crippen LogP contribution in [-0.2, 0) is 5.54 Å². The quantitative estimate of drug-likeness (QED) is 0.281. The second-order valence-corrected chi connectivity index (χ2v) is 8.96. The van der Waals surface area contributed by atoms with Gasteiger partial charge in [-0.2, -0.15) is 0 Å². The molecular weight excluding hydrogens is 438 g/mol. The normalized spacial score (nSPS) is 17.6. The average molecular weight is 462 g/mol. The number of ketones is 1. The van der Waals surface area contributed by atoms with Crippen LogP contribution < -0.4 is 4.90 Å². The van der Waals surface area contributed by atoms with Crippen molar-refractivity contribution in [2.45, 2.75) is 12.5 Å². The molecule has 0 spiro atoms. The lowest BCUT2D eigenvalue weighted by Gasteiger charge is -2.43. The molecule has 34 heavy (non-hydrogen) atoms. The van der Waals surface area contributed by atoms with Gasteiger partial charge in [0.25, 0.3) is 0 Å². The van der Waals surface area contributed by atoms with Crippen molar-refractivity contribution in [3.63, 3.8) is 0 Å². The topological polar surface area (TPSA) is 20.3 Å². The van der Waals surface area contributed by atoms with E-state index in [1.54, 1.807) is 0 Å². The van der Waals surface area contributed by atoms with Crippen molar-refractivity contribution >= 4 is 28.6 Å². The molecule has 0 saturated carbocycles. The van der Waals surface area contributed by atoms with E-state index in [0.29, 0.717) is 16.2 Å². The molecule has 0 N–H and O–H groups in total. The third-order valence-corrected chi connectivity index (χ3v) is 6.52. The summed E-state index contributed by atoms with van der Waals surface area (Å²) in [5, 5.41) is 0.648. The van der Waals surface area contributed by atoms with Crippen LogP contribution in [0.1, 0.15) is 28.4 Å². The van der Waals surface area contributed by atoms with Crippen LogP contribution in [0.15, 0.2) is 133 Å². The molecule has 166 valence electrons. The van der Waals surface area contributed by atoms with Gasteiger partial charge in [0.05, 0.1) is 5.54 Å². The molecule has 5 rings (SSSR count). The molecular formula is C31H24ClNO. The van der Waals surface area contributed by atoms with Gasteiger partial charge in [0, 0.05) is 28.0 Å². The lowest BCUT2D eigenvalue weighted by Crippen LogP contribution is -2.42. The average Bonchev–Trinajstić information content (AvgIpc) is 2.89. The molecule has 0 aromatic heterocycles. The number of anilines is 1. The molecule has 4 aromatic rings.